The SMILES string of the molecule is CCc1cc(OCC(=O)O)c(C)c(C)c1OSS. The van der Waals surface area contributed by atoms with E-state index in [2.05, 4.69) is 11.7 Å². The van der Waals surface area contributed by atoms with Gasteiger partial charge in [-0.25, -0.2) is 4.79 Å². The Bertz CT molecular complexity index is 446. The molecule has 0 radical (unpaired) electrons. The zero-order valence-corrected chi connectivity index (χ0v) is 12.2. The van der Waals surface area contributed by atoms with E-state index in [0.29, 0.717) is 5.75 Å². The summed E-state index contributed by atoms with van der Waals surface area (Å²) in [6.45, 7) is 5.45. The maximum Gasteiger partial charge on any atom is 0.341 e. The van der Waals surface area contributed by atoms with Gasteiger partial charge in [0.1, 0.15) is 22.6 Å². The van der Waals surface area contributed by atoms with Gasteiger partial charge >= 0.3 is 5.97 Å². The third-order valence-electron chi connectivity index (χ3n) is 2.72. The summed E-state index contributed by atoms with van der Waals surface area (Å²) in [6, 6.07) is 1.82. The molecule has 0 atom stereocenters. The monoisotopic (exact) mass is 288 g/mol. The Morgan fingerprint density at radius 3 is 2.61 bits per heavy atom. The van der Waals surface area contributed by atoms with Crippen LogP contribution in [-0.2, 0) is 11.2 Å². The standard InChI is InChI=1S/C12H16O4S2/c1-4-9-5-10(15-6-11(13)14)7(2)8(3)12(9)16-18-17/h5,17H,4,6H2,1-3H3,(H,13,14). The number of thiol groups is 1. The van der Waals surface area contributed by atoms with Gasteiger partial charge in [0.2, 0.25) is 0 Å². The first-order valence-electron chi connectivity index (χ1n) is 5.47. The summed E-state index contributed by atoms with van der Waals surface area (Å²) in [4.78, 5) is 10.5. The Morgan fingerprint density at radius 1 is 1.44 bits per heavy atom. The number of carbonyl (C=O) groups is 1. The Morgan fingerprint density at radius 2 is 2.11 bits per heavy atom. The average Bonchev–Trinajstić information content (AvgIpc) is 2.34. The number of carboxylic acids is 1. The molecule has 1 aromatic rings. The van der Waals surface area contributed by atoms with Crippen LogP contribution in [0.5, 0.6) is 11.5 Å². The smallest absolute Gasteiger partial charge is 0.341 e. The first-order chi connectivity index (χ1) is 8.51. The van der Waals surface area contributed by atoms with E-state index >= 15 is 0 Å². The van der Waals surface area contributed by atoms with Crippen LogP contribution in [0.1, 0.15) is 23.6 Å². The lowest BCUT2D eigenvalue weighted by Crippen LogP contribution is -2.11. The van der Waals surface area contributed by atoms with E-state index in [-0.39, 0.29) is 6.61 Å². The molecule has 0 spiro atoms. The molecule has 0 aliphatic heterocycles. The molecule has 0 aliphatic rings. The lowest BCUT2D eigenvalue weighted by atomic mass is 10.0. The summed E-state index contributed by atoms with van der Waals surface area (Å²) in [5.74, 6) is 0.372. The van der Waals surface area contributed by atoms with Crippen molar-refractivity contribution >= 4 is 28.7 Å². The van der Waals surface area contributed by atoms with Crippen LogP contribution in [-0.4, -0.2) is 17.7 Å². The Labute approximate surface area is 116 Å². The van der Waals surface area contributed by atoms with E-state index in [4.69, 9.17) is 14.0 Å². The molecule has 0 aliphatic carbocycles. The van der Waals surface area contributed by atoms with Crippen LogP contribution in [0.3, 0.4) is 0 Å². The molecule has 18 heavy (non-hydrogen) atoms. The summed E-state index contributed by atoms with van der Waals surface area (Å²) in [5.41, 5.74) is 2.79. The highest BCUT2D eigenvalue weighted by Gasteiger charge is 2.15. The normalized spacial score (nSPS) is 10.2. The highest BCUT2D eigenvalue weighted by Crippen LogP contribution is 2.36. The van der Waals surface area contributed by atoms with Crippen molar-refractivity contribution in [2.24, 2.45) is 0 Å². The predicted octanol–water partition coefficient (Wildman–Crippen LogP) is 3.20. The summed E-state index contributed by atoms with van der Waals surface area (Å²) in [6.07, 6.45) is 0.772. The fraction of sp³-hybridized carbons (Fsp3) is 0.417. The van der Waals surface area contributed by atoms with E-state index in [1.54, 1.807) is 0 Å². The topological polar surface area (TPSA) is 55.8 Å². The van der Waals surface area contributed by atoms with Gasteiger partial charge in [-0.15, -0.1) is 0 Å². The Kier molecular flexibility index (Phi) is 5.68. The van der Waals surface area contributed by atoms with E-state index in [1.165, 1.54) is 0 Å². The third kappa shape index (κ3) is 3.49. The minimum atomic E-state index is -0.989. The zero-order valence-electron chi connectivity index (χ0n) is 10.5. The number of hydrogen-bond acceptors (Lipinski definition) is 5. The van der Waals surface area contributed by atoms with Crippen molar-refractivity contribution in [3.05, 3.63) is 22.8 Å². The molecule has 100 valence electrons. The van der Waals surface area contributed by atoms with Crippen molar-refractivity contribution in [1.29, 1.82) is 0 Å². The van der Waals surface area contributed by atoms with Gasteiger partial charge in [0.05, 0.1) is 0 Å². The van der Waals surface area contributed by atoms with Crippen LogP contribution < -0.4 is 8.92 Å². The fourth-order valence-corrected chi connectivity index (χ4v) is 2.16. The van der Waals surface area contributed by atoms with Crippen molar-refractivity contribution in [3.63, 3.8) is 0 Å². The molecule has 0 bridgehead atoms. The fourth-order valence-electron chi connectivity index (χ4n) is 1.63. The summed E-state index contributed by atoms with van der Waals surface area (Å²) in [7, 11) is 0. The van der Waals surface area contributed by atoms with Crippen LogP contribution in [0.4, 0.5) is 0 Å². The molecule has 0 saturated carbocycles. The molecule has 0 heterocycles. The number of aliphatic carboxylic acids is 1. The van der Waals surface area contributed by atoms with Gasteiger partial charge in [-0.05, 0) is 43.0 Å². The van der Waals surface area contributed by atoms with E-state index in [1.807, 2.05) is 26.8 Å². The Balaban J connectivity index is 3.14. The van der Waals surface area contributed by atoms with Gasteiger partial charge in [-0.3, -0.25) is 0 Å². The third-order valence-corrected chi connectivity index (χ3v) is 3.19. The largest absolute Gasteiger partial charge is 0.482 e. The van der Waals surface area contributed by atoms with Crippen LogP contribution in [0.25, 0.3) is 0 Å². The molecule has 0 fully saturated rings. The maximum atomic E-state index is 10.5. The van der Waals surface area contributed by atoms with Gasteiger partial charge in [0.15, 0.2) is 6.61 Å². The first-order valence-corrected chi connectivity index (χ1v) is 7.26. The van der Waals surface area contributed by atoms with Crippen molar-refractivity contribution < 1.29 is 18.8 Å². The number of ether oxygens (including phenoxy) is 1. The molecule has 0 aromatic heterocycles. The van der Waals surface area contributed by atoms with Crippen LogP contribution in [0.15, 0.2) is 6.07 Å². The zero-order chi connectivity index (χ0) is 13.7. The molecule has 1 rings (SSSR count). The predicted molar refractivity (Wildman–Crippen MR) is 75.6 cm³/mol. The maximum absolute atomic E-state index is 10.5. The lowest BCUT2D eigenvalue weighted by Gasteiger charge is -2.16. The van der Waals surface area contributed by atoms with Gasteiger partial charge < -0.3 is 14.0 Å². The van der Waals surface area contributed by atoms with E-state index in [9.17, 15) is 4.79 Å². The van der Waals surface area contributed by atoms with Crippen LogP contribution >= 0.6 is 22.7 Å². The van der Waals surface area contributed by atoms with Gasteiger partial charge in [-0.2, -0.15) is 0 Å². The molecular formula is C12H16O4S2. The molecule has 1 N–H and O–H groups in total. The molecule has 4 nitrogen and oxygen atoms in total. The highest BCUT2D eigenvalue weighted by atomic mass is 33.1. The summed E-state index contributed by atoms with van der Waals surface area (Å²) >= 11 is 4.97. The molecule has 0 amide bonds. The van der Waals surface area contributed by atoms with Crippen molar-refractivity contribution in [1.82, 2.24) is 0 Å². The number of carboxylic acid groups (broad SMARTS) is 1. The number of rotatable bonds is 6. The molecule has 0 saturated heterocycles. The second-order valence-electron chi connectivity index (χ2n) is 3.81. The molecular weight excluding hydrogens is 272 g/mol. The summed E-state index contributed by atoms with van der Waals surface area (Å²) < 4.78 is 10.7. The van der Waals surface area contributed by atoms with Gasteiger partial charge in [0, 0.05) is 0 Å². The van der Waals surface area contributed by atoms with Crippen molar-refractivity contribution in [3.8, 4) is 11.5 Å². The molecule has 6 heteroatoms. The van der Waals surface area contributed by atoms with Crippen molar-refractivity contribution in [2.45, 2.75) is 27.2 Å². The van der Waals surface area contributed by atoms with Crippen LogP contribution in [0, 0.1) is 13.8 Å². The minimum Gasteiger partial charge on any atom is -0.482 e. The minimum absolute atomic E-state index is 0.342. The second kappa shape index (κ2) is 6.80. The number of aryl methyl sites for hydroxylation is 1. The average molecular weight is 288 g/mol. The lowest BCUT2D eigenvalue weighted by molar-refractivity contribution is -0.139. The van der Waals surface area contributed by atoms with Crippen molar-refractivity contribution in [2.75, 3.05) is 6.61 Å². The first kappa shape index (κ1) is 15.0. The quantitative estimate of drug-likeness (QED) is 0.478. The Hall–Kier alpha value is -1.01. The van der Waals surface area contributed by atoms with Crippen LogP contribution in [0.2, 0.25) is 0 Å². The number of benzene rings is 1. The van der Waals surface area contributed by atoms with Gasteiger partial charge in [0.25, 0.3) is 0 Å². The number of hydrogen-bond donors (Lipinski definition) is 2. The summed E-state index contributed by atoms with van der Waals surface area (Å²) in [5, 5.41) is 8.64. The molecule has 0 unspecified atom stereocenters. The second-order valence-corrected chi connectivity index (χ2v) is 4.57. The highest BCUT2D eigenvalue weighted by molar-refractivity contribution is 8.66. The van der Waals surface area contributed by atoms with Gasteiger partial charge in [-0.1, -0.05) is 18.6 Å². The van der Waals surface area contributed by atoms with E-state index < -0.39 is 5.97 Å². The van der Waals surface area contributed by atoms with E-state index in [0.717, 1.165) is 39.9 Å². The molecule has 1 aromatic carbocycles.